The average Bonchev–Trinajstić information content (AvgIpc) is 2.68. The zero-order chi connectivity index (χ0) is 19.4. The van der Waals surface area contributed by atoms with Crippen LogP contribution in [-0.2, 0) is 6.54 Å². The Labute approximate surface area is 153 Å². The number of fused-ring (bicyclic) bond motifs is 1. The summed E-state index contributed by atoms with van der Waals surface area (Å²) in [5.74, 6) is -1.69. The molecule has 0 aliphatic rings. The number of carboxylic acid groups (broad SMARTS) is 1. The summed E-state index contributed by atoms with van der Waals surface area (Å²) in [6, 6.07) is 13.0. The highest BCUT2D eigenvalue weighted by Gasteiger charge is 2.15. The van der Waals surface area contributed by atoms with Crippen molar-refractivity contribution in [1.29, 1.82) is 0 Å². The van der Waals surface area contributed by atoms with Gasteiger partial charge in [0.05, 0.1) is 17.2 Å². The van der Waals surface area contributed by atoms with Crippen molar-refractivity contribution in [2.45, 2.75) is 13.5 Å². The highest BCUT2D eigenvalue weighted by molar-refractivity contribution is 6.05. The van der Waals surface area contributed by atoms with Gasteiger partial charge >= 0.3 is 5.97 Å². The Morgan fingerprint density at radius 2 is 1.81 bits per heavy atom. The summed E-state index contributed by atoms with van der Waals surface area (Å²) in [6.07, 6.45) is 1.25. The first kappa shape index (κ1) is 18.0. The third-order valence-corrected chi connectivity index (χ3v) is 3.94. The number of hydrogen-bond donors (Lipinski definition) is 2. The second kappa shape index (κ2) is 7.61. The number of carbonyl (C=O) groups excluding carboxylic acids is 1. The van der Waals surface area contributed by atoms with Gasteiger partial charge in [0.1, 0.15) is 0 Å². The number of carboxylic acids is 1. The minimum atomic E-state index is -1.09. The van der Waals surface area contributed by atoms with Crippen LogP contribution in [0.25, 0.3) is 10.8 Å². The molecule has 8 nitrogen and oxygen atoms in total. The molecule has 2 aromatic carbocycles. The molecule has 0 aliphatic carbocycles. The smallest absolute Gasteiger partial charge is 0.336 e. The zero-order valence-corrected chi connectivity index (χ0v) is 14.4. The van der Waals surface area contributed by atoms with Crippen molar-refractivity contribution in [1.82, 2.24) is 15.2 Å². The van der Waals surface area contributed by atoms with Crippen molar-refractivity contribution in [3.05, 3.63) is 75.7 Å². The van der Waals surface area contributed by atoms with Gasteiger partial charge < -0.3 is 5.11 Å². The van der Waals surface area contributed by atoms with Gasteiger partial charge in [0, 0.05) is 17.5 Å². The fraction of sp³-hybridized carbons (Fsp3) is 0.105. The van der Waals surface area contributed by atoms with E-state index in [1.54, 1.807) is 49.4 Å². The zero-order valence-electron chi connectivity index (χ0n) is 14.4. The number of aromatic carboxylic acids is 1. The number of hydrogen-bond acceptors (Lipinski definition) is 5. The van der Waals surface area contributed by atoms with Gasteiger partial charge in [0.2, 0.25) is 0 Å². The summed E-state index contributed by atoms with van der Waals surface area (Å²) in [5, 5.41) is 17.9. The van der Waals surface area contributed by atoms with E-state index >= 15 is 0 Å². The van der Waals surface area contributed by atoms with Gasteiger partial charge in [0.15, 0.2) is 5.69 Å². The molecule has 1 amide bonds. The number of nitrogens with one attached hydrogen (secondary N) is 1. The van der Waals surface area contributed by atoms with Crippen molar-refractivity contribution < 1.29 is 14.7 Å². The van der Waals surface area contributed by atoms with Crippen molar-refractivity contribution in [2.75, 3.05) is 0 Å². The van der Waals surface area contributed by atoms with Gasteiger partial charge in [-0.3, -0.25) is 9.59 Å². The lowest BCUT2D eigenvalue weighted by Crippen LogP contribution is -2.28. The largest absolute Gasteiger partial charge is 0.478 e. The molecule has 0 aliphatic heterocycles. The molecular weight excluding hydrogens is 348 g/mol. The minimum absolute atomic E-state index is 0.0655. The summed E-state index contributed by atoms with van der Waals surface area (Å²) < 4.78 is 1.21. The second-order valence-electron chi connectivity index (χ2n) is 5.61. The Kier molecular flexibility index (Phi) is 5.07. The van der Waals surface area contributed by atoms with E-state index in [4.69, 9.17) is 5.11 Å². The normalized spacial score (nSPS) is 11.0. The van der Waals surface area contributed by atoms with E-state index in [2.05, 4.69) is 15.6 Å². The van der Waals surface area contributed by atoms with Crippen LogP contribution in [0.15, 0.2) is 58.4 Å². The van der Waals surface area contributed by atoms with Crippen LogP contribution >= 0.6 is 0 Å². The van der Waals surface area contributed by atoms with Crippen LogP contribution in [0.1, 0.15) is 33.3 Å². The number of hydrazone groups is 1. The van der Waals surface area contributed by atoms with E-state index in [1.807, 2.05) is 0 Å². The molecule has 3 aromatic rings. The Bertz CT molecular complexity index is 1120. The number of aromatic nitrogens is 2. The van der Waals surface area contributed by atoms with E-state index < -0.39 is 11.9 Å². The number of rotatable bonds is 5. The molecule has 0 spiro atoms. The highest BCUT2D eigenvalue weighted by Crippen LogP contribution is 2.13. The van der Waals surface area contributed by atoms with Crippen LogP contribution in [0.5, 0.6) is 0 Å². The molecular formula is C19H16N4O4. The summed E-state index contributed by atoms with van der Waals surface area (Å²) in [6.45, 7) is 2.07. The van der Waals surface area contributed by atoms with E-state index in [1.165, 1.54) is 17.0 Å². The average molecular weight is 364 g/mol. The van der Waals surface area contributed by atoms with Gasteiger partial charge in [-0.2, -0.15) is 10.2 Å². The maximum absolute atomic E-state index is 12.5. The molecule has 1 heterocycles. The standard InChI is InChI=1S/C19H16N4O4/c1-2-23-18(25)15-10-6-5-9-14(15)16(22-23)17(24)21-20-11-12-7-3-4-8-13(12)19(26)27/h3-11H,2H2,1H3,(H,21,24)(H,26,27). The number of benzene rings is 2. The first-order chi connectivity index (χ1) is 13.0. The fourth-order valence-corrected chi connectivity index (χ4v) is 2.63. The maximum Gasteiger partial charge on any atom is 0.336 e. The minimum Gasteiger partial charge on any atom is -0.478 e. The first-order valence-corrected chi connectivity index (χ1v) is 8.18. The fourth-order valence-electron chi connectivity index (χ4n) is 2.63. The molecule has 0 radical (unpaired) electrons. The van der Waals surface area contributed by atoms with Crippen LogP contribution in [-0.4, -0.2) is 33.0 Å². The number of amides is 1. The SMILES string of the molecule is CCn1nc(C(=O)NN=Cc2ccccc2C(=O)O)c2ccccc2c1=O. The highest BCUT2D eigenvalue weighted by atomic mass is 16.4. The van der Waals surface area contributed by atoms with Crippen LogP contribution in [0.3, 0.4) is 0 Å². The summed E-state index contributed by atoms with van der Waals surface area (Å²) in [5.41, 5.74) is 2.54. The molecule has 2 N–H and O–H groups in total. The second-order valence-corrected chi connectivity index (χ2v) is 5.61. The molecule has 0 bridgehead atoms. The van der Waals surface area contributed by atoms with Crippen molar-refractivity contribution in [3.63, 3.8) is 0 Å². The Hall–Kier alpha value is -3.81. The van der Waals surface area contributed by atoms with Crippen LogP contribution < -0.4 is 11.0 Å². The molecule has 0 saturated heterocycles. The van der Waals surface area contributed by atoms with E-state index in [0.717, 1.165) is 0 Å². The van der Waals surface area contributed by atoms with Gasteiger partial charge in [-0.1, -0.05) is 36.4 Å². The lowest BCUT2D eigenvalue weighted by molar-refractivity contribution is 0.0696. The van der Waals surface area contributed by atoms with Crippen molar-refractivity contribution >= 4 is 28.9 Å². The van der Waals surface area contributed by atoms with Crippen molar-refractivity contribution in [3.8, 4) is 0 Å². The summed E-state index contributed by atoms with van der Waals surface area (Å²) >= 11 is 0. The van der Waals surface area contributed by atoms with Crippen LogP contribution in [0.2, 0.25) is 0 Å². The Morgan fingerprint density at radius 3 is 2.52 bits per heavy atom. The van der Waals surface area contributed by atoms with Crippen LogP contribution in [0, 0.1) is 0 Å². The Balaban J connectivity index is 1.93. The number of nitrogens with zero attached hydrogens (tertiary/aromatic N) is 3. The molecule has 136 valence electrons. The Morgan fingerprint density at radius 1 is 1.15 bits per heavy atom. The predicted octanol–water partition coefficient (Wildman–Crippen LogP) is 1.88. The molecule has 0 atom stereocenters. The summed E-state index contributed by atoms with van der Waals surface area (Å²) in [4.78, 5) is 36.0. The number of carbonyl (C=O) groups is 2. The lowest BCUT2D eigenvalue weighted by Gasteiger charge is -2.08. The molecule has 0 saturated carbocycles. The van der Waals surface area contributed by atoms with Gasteiger partial charge in [-0.25, -0.2) is 14.9 Å². The molecule has 1 aromatic heterocycles. The molecule has 8 heteroatoms. The molecule has 0 fully saturated rings. The third kappa shape index (κ3) is 3.59. The van der Waals surface area contributed by atoms with E-state index in [0.29, 0.717) is 22.9 Å². The first-order valence-electron chi connectivity index (χ1n) is 8.18. The predicted molar refractivity (Wildman–Crippen MR) is 100 cm³/mol. The lowest BCUT2D eigenvalue weighted by atomic mass is 10.1. The molecule has 0 unspecified atom stereocenters. The van der Waals surface area contributed by atoms with Crippen molar-refractivity contribution in [2.24, 2.45) is 5.10 Å². The number of aryl methyl sites for hydroxylation is 1. The third-order valence-electron chi connectivity index (χ3n) is 3.94. The quantitative estimate of drug-likeness (QED) is 0.530. The molecule has 27 heavy (non-hydrogen) atoms. The van der Waals surface area contributed by atoms with Crippen LogP contribution in [0.4, 0.5) is 0 Å². The van der Waals surface area contributed by atoms with Gasteiger partial charge in [-0.05, 0) is 19.1 Å². The monoisotopic (exact) mass is 364 g/mol. The molecule has 3 rings (SSSR count). The maximum atomic E-state index is 12.5. The van der Waals surface area contributed by atoms with Gasteiger partial charge in [-0.15, -0.1) is 0 Å². The summed E-state index contributed by atoms with van der Waals surface area (Å²) in [7, 11) is 0. The van der Waals surface area contributed by atoms with E-state index in [-0.39, 0.29) is 16.8 Å². The van der Waals surface area contributed by atoms with E-state index in [9.17, 15) is 14.4 Å². The van der Waals surface area contributed by atoms with Gasteiger partial charge in [0.25, 0.3) is 11.5 Å². The topological polar surface area (TPSA) is 114 Å².